The van der Waals surface area contributed by atoms with E-state index in [1.165, 1.54) is 17.3 Å². The number of rotatable bonds is 4. The van der Waals surface area contributed by atoms with Gasteiger partial charge < -0.3 is 4.74 Å². The Morgan fingerprint density at radius 1 is 1.40 bits per heavy atom. The molecule has 0 aliphatic rings. The van der Waals surface area contributed by atoms with Crippen LogP contribution in [0.1, 0.15) is 12.5 Å². The van der Waals surface area contributed by atoms with Crippen molar-refractivity contribution in [3.8, 4) is 0 Å². The second kappa shape index (κ2) is 6.64. The summed E-state index contributed by atoms with van der Waals surface area (Å²) in [5.74, 6) is 0.857. The molecule has 0 aliphatic carbocycles. The predicted octanol–water partition coefficient (Wildman–Crippen LogP) is 3.80. The minimum atomic E-state index is 0.515. The van der Waals surface area contributed by atoms with Crippen molar-refractivity contribution in [1.82, 2.24) is 0 Å². The fourth-order valence-electron chi connectivity index (χ4n) is 0.940. The number of benzene rings is 1. The lowest BCUT2D eigenvalue weighted by Crippen LogP contribution is -2.00. The molecule has 0 atom stereocenters. The van der Waals surface area contributed by atoms with Gasteiger partial charge >= 0.3 is 0 Å². The maximum atomic E-state index is 5.32. The highest BCUT2D eigenvalue weighted by Gasteiger charge is 1.99. The monoisotopic (exact) mass is 238 g/mol. The zero-order valence-corrected chi connectivity index (χ0v) is 10.4. The highest BCUT2D eigenvalue weighted by molar-refractivity contribution is 8.22. The van der Waals surface area contributed by atoms with E-state index in [0.717, 1.165) is 11.3 Å². The molecule has 0 unspecified atom stereocenters. The zero-order chi connectivity index (χ0) is 11.1. The largest absolute Gasteiger partial charge is 0.474 e. The molecule has 0 saturated heterocycles. The summed E-state index contributed by atoms with van der Waals surface area (Å²) in [5.41, 5.74) is 2.24. The summed E-state index contributed by atoms with van der Waals surface area (Å²) in [6, 6.07) is 10.2. The van der Waals surface area contributed by atoms with Crippen molar-refractivity contribution in [1.29, 1.82) is 0 Å². The number of ether oxygens (including phenoxy) is 1. The maximum absolute atomic E-state index is 5.32. The van der Waals surface area contributed by atoms with E-state index in [2.05, 4.69) is 18.7 Å². The Hall–Kier alpha value is -0.800. The molecule has 0 amide bonds. The Morgan fingerprint density at radius 2 is 2.07 bits per heavy atom. The van der Waals surface area contributed by atoms with Crippen molar-refractivity contribution in [2.24, 2.45) is 0 Å². The van der Waals surface area contributed by atoms with Gasteiger partial charge in [-0.25, -0.2) is 0 Å². The first kappa shape index (κ1) is 12.3. The van der Waals surface area contributed by atoms with E-state index in [-0.39, 0.29) is 0 Å². The van der Waals surface area contributed by atoms with E-state index < -0.39 is 0 Å². The quantitative estimate of drug-likeness (QED) is 0.583. The van der Waals surface area contributed by atoms with E-state index in [1.54, 1.807) is 0 Å². The number of hydrogen-bond acceptors (Lipinski definition) is 3. The molecule has 1 rings (SSSR count). The number of thiocarbonyl (C=S) groups is 1. The lowest BCUT2D eigenvalue weighted by atomic mass is 10.2. The fraction of sp³-hybridized carbons (Fsp3) is 0.250. The Morgan fingerprint density at radius 3 is 2.67 bits per heavy atom. The highest BCUT2D eigenvalue weighted by Crippen LogP contribution is 2.14. The van der Waals surface area contributed by atoms with Crippen molar-refractivity contribution >= 4 is 28.4 Å². The van der Waals surface area contributed by atoms with E-state index in [0.29, 0.717) is 11.0 Å². The smallest absolute Gasteiger partial charge is 0.220 e. The molecule has 0 spiro atoms. The molecule has 0 bridgehead atoms. The Bertz CT molecular complexity index is 333. The summed E-state index contributed by atoms with van der Waals surface area (Å²) in [6.45, 7) is 6.19. The molecule has 0 aromatic heterocycles. The van der Waals surface area contributed by atoms with Crippen LogP contribution < -0.4 is 0 Å². The van der Waals surface area contributed by atoms with Gasteiger partial charge in [-0.2, -0.15) is 0 Å². The van der Waals surface area contributed by atoms with Gasteiger partial charge in [-0.05, 0) is 30.3 Å². The molecular formula is C12H14OS2. The molecule has 0 heterocycles. The Labute approximate surface area is 101 Å². The molecule has 1 nitrogen and oxygen atoms in total. The van der Waals surface area contributed by atoms with Crippen molar-refractivity contribution in [3.05, 3.63) is 48.0 Å². The first-order chi connectivity index (χ1) is 7.18. The normalized spacial score (nSPS) is 9.67. The van der Waals surface area contributed by atoms with Crippen molar-refractivity contribution < 1.29 is 4.74 Å². The third kappa shape index (κ3) is 5.60. The van der Waals surface area contributed by atoms with Crippen molar-refractivity contribution in [2.75, 3.05) is 6.61 Å². The Kier molecular flexibility index (Phi) is 5.43. The van der Waals surface area contributed by atoms with Gasteiger partial charge in [-0.1, -0.05) is 48.7 Å². The third-order valence-corrected chi connectivity index (χ3v) is 2.94. The zero-order valence-electron chi connectivity index (χ0n) is 8.73. The average Bonchev–Trinajstić information content (AvgIpc) is 2.25. The molecule has 1 aromatic carbocycles. The van der Waals surface area contributed by atoms with E-state index in [9.17, 15) is 0 Å². The van der Waals surface area contributed by atoms with Crippen LogP contribution in [0.15, 0.2) is 42.5 Å². The highest BCUT2D eigenvalue weighted by atomic mass is 32.2. The summed E-state index contributed by atoms with van der Waals surface area (Å²) >= 11 is 6.61. The van der Waals surface area contributed by atoms with Crippen molar-refractivity contribution in [2.45, 2.75) is 12.7 Å². The van der Waals surface area contributed by atoms with Crippen LogP contribution >= 0.6 is 24.0 Å². The van der Waals surface area contributed by atoms with Crippen LogP contribution in [0, 0.1) is 0 Å². The van der Waals surface area contributed by atoms with Gasteiger partial charge in [0.2, 0.25) is 4.38 Å². The molecule has 0 aliphatic heterocycles. The maximum Gasteiger partial charge on any atom is 0.220 e. The molecule has 15 heavy (non-hydrogen) atoms. The summed E-state index contributed by atoms with van der Waals surface area (Å²) < 4.78 is 5.91. The summed E-state index contributed by atoms with van der Waals surface area (Å²) in [5, 5.41) is 0. The Balaban J connectivity index is 2.26. The van der Waals surface area contributed by atoms with Crippen LogP contribution in [-0.2, 0) is 10.5 Å². The summed E-state index contributed by atoms with van der Waals surface area (Å²) in [6.07, 6.45) is 0. The van der Waals surface area contributed by atoms with Crippen LogP contribution in [0.25, 0.3) is 0 Å². The van der Waals surface area contributed by atoms with Crippen LogP contribution in [0.4, 0.5) is 0 Å². The minimum Gasteiger partial charge on any atom is -0.474 e. The third-order valence-electron chi connectivity index (χ3n) is 1.64. The molecule has 0 fully saturated rings. The summed E-state index contributed by atoms with van der Waals surface area (Å²) in [7, 11) is 0. The lowest BCUT2D eigenvalue weighted by molar-refractivity contribution is 0.359. The molecule has 0 radical (unpaired) electrons. The first-order valence-electron chi connectivity index (χ1n) is 4.66. The van der Waals surface area contributed by atoms with E-state index in [1.807, 2.05) is 25.1 Å². The molecule has 0 saturated carbocycles. The standard InChI is InChI=1S/C12H14OS2/c1-10(2)8-13-12(14)15-9-11-6-4-3-5-7-11/h3-7H,1,8-9H2,2H3. The summed E-state index contributed by atoms with van der Waals surface area (Å²) in [4.78, 5) is 0. The lowest BCUT2D eigenvalue weighted by Gasteiger charge is -2.06. The van der Waals surface area contributed by atoms with Gasteiger partial charge in [0.15, 0.2) is 0 Å². The molecule has 3 heteroatoms. The van der Waals surface area contributed by atoms with Crippen LogP contribution in [0.5, 0.6) is 0 Å². The van der Waals surface area contributed by atoms with Gasteiger partial charge in [-0.3, -0.25) is 0 Å². The minimum absolute atomic E-state index is 0.515. The number of hydrogen-bond donors (Lipinski definition) is 0. The average molecular weight is 238 g/mol. The molecule has 0 N–H and O–H groups in total. The SMILES string of the molecule is C=C(C)COC(=S)SCc1ccccc1. The van der Waals surface area contributed by atoms with Crippen LogP contribution in [0.3, 0.4) is 0 Å². The van der Waals surface area contributed by atoms with Crippen LogP contribution in [0.2, 0.25) is 0 Å². The fourth-order valence-corrected chi connectivity index (χ4v) is 1.80. The van der Waals surface area contributed by atoms with Crippen molar-refractivity contribution in [3.63, 3.8) is 0 Å². The topological polar surface area (TPSA) is 9.23 Å². The predicted molar refractivity (Wildman–Crippen MR) is 71.1 cm³/mol. The second-order valence-electron chi connectivity index (χ2n) is 3.27. The van der Waals surface area contributed by atoms with Gasteiger partial charge in [0.05, 0.1) is 0 Å². The van der Waals surface area contributed by atoms with Gasteiger partial charge in [0.25, 0.3) is 0 Å². The molecule has 80 valence electrons. The van der Waals surface area contributed by atoms with Crippen LogP contribution in [-0.4, -0.2) is 11.0 Å². The van der Waals surface area contributed by atoms with E-state index in [4.69, 9.17) is 17.0 Å². The van der Waals surface area contributed by atoms with Gasteiger partial charge in [0, 0.05) is 5.75 Å². The second-order valence-corrected chi connectivity index (χ2v) is 4.85. The molecule has 1 aromatic rings. The van der Waals surface area contributed by atoms with Gasteiger partial charge in [-0.15, -0.1) is 0 Å². The van der Waals surface area contributed by atoms with E-state index >= 15 is 0 Å². The molecular weight excluding hydrogens is 224 g/mol. The number of thioether (sulfide) groups is 1. The van der Waals surface area contributed by atoms with Gasteiger partial charge in [0.1, 0.15) is 6.61 Å². The first-order valence-corrected chi connectivity index (χ1v) is 6.05.